The highest BCUT2D eigenvalue weighted by Gasteiger charge is 2.34. The van der Waals surface area contributed by atoms with E-state index >= 15 is 0 Å². The number of nitrogens with one attached hydrogen (secondary N) is 1. The molecule has 0 unspecified atom stereocenters. The highest BCUT2D eigenvalue weighted by Crippen LogP contribution is 2.40. The number of nitrogens with zero attached hydrogens (tertiary/aromatic N) is 3. The van der Waals surface area contributed by atoms with E-state index in [-0.39, 0.29) is 28.4 Å². The monoisotopic (exact) mass is 424 g/mol. The standard InChI is InChI=1S/C23H28N4O4/c1-23(2,3)18-9-11-20(17(14-18)13-16-7-5-4-6-8-16)24-25-21-12-10-19(26(28)29)15-22(21)27(30)31/h4-8,10,12,15,17-18,25H,9,11,13-14H2,1-3H3/b24-20-/t17-,18-/m1/s1. The van der Waals surface area contributed by atoms with Crippen LogP contribution in [0.15, 0.2) is 53.6 Å². The molecule has 0 aromatic heterocycles. The first-order valence-corrected chi connectivity index (χ1v) is 10.4. The summed E-state index contributed by atoms with van der Waals surface area (Å²) in [7, 11) is 0. The van der Waals surface area contributed by atoms with Crippen LogP contribution in [-0.2, 0) is 6.42 Å². The largest absolute Gasteiger partial charge is 0.301 e. The van der Waals surface area contributed by atoms with Crippen LogP contribution >= 0.6 is 0 Å². The SMILES string of the molecule is CC(C)(C)[C@@H]1CC/C(=N/Nc2ccc([N+](=O)[O-])cc2[N+](=O)[O-])[C@H](Cc2ccccc2)C1. The van der Waals surface area contributed by atoms with Gasteiger partial charge >= 0.3 is 5.69 Å². The molecule has 0 aliphatic heterocycles. The number of nitro groups is 2. The number of hydrogen-bond acceptors (Lipinski definition) is 6. The highest BCUT2D eigenvalue weighted by atomic mass is 16.6. The second-order valence-corrected chi connectivity index (χ2v) is 9.15. The van der Waals surface area contributed by atoms with Crippen LogP contribution in [0, 0.1) is 37.5 Å². The molecular weight excluding hydrogens is 396 g/mol. The maximum Gasteiger partial charge on any atom is 0.301 e. The molecule has 0 bridgehead atoms. The molecule has 8 nitrogen and oxygen atoms in total. The van der Waals surface area contributed by atoms with Crippen LogP contribution in [0.4, 0.5) is 17.1 Å². The van der Waals surface area contributed by atoms with E-state index < -0.39 is 9.85 Å². The van der Waals surface area contributed by atoms with Gasteiger partial charge in [-0.25, -0.2) is 0 Å². The molecule has 3 rings (SSSR count). The average Bonchev–Trinajstić information content (AvgIpc) is 2.72. The van der Waals surface area contributed by atoms with E-state index in [1.807, 2.05) is 18.2 Å². The Balaban J connectivity index is 1.86. The number of hydrogen-bond donors (Lipinski definition) is 1. The molecular formula is C23H28N4O4. The molecule has 0 saturated heterocycles. The van der Waals surface area contributed by atoms with Crippen molar-refractivity contribution >= 4 is 22.8 Å². The summed E-state index contributed by atoms with van der Waals surface area (Å²) in [6.07, 6.45) is 3.68. The van der Waals surface area contributed by atoms with Crippen molar-refractivity contribution in [2.75, 3.05) is 5.43 Å². The van der Waals surface area contributed by atoms with E-state index in [0.29, 0.717) is 5.92 Å². The average molecular weight is 425 g/mol. The van der Waals surface area contributed by atoms with Crippen LogP contribution in [0.25, 0.3) is 0 Å². The van der Waals surface area contributed by atoms with Gasteiger partial charge in [0.2, 0.25) is 0 Å². The molecule has 0 spiro atoms. The summed E-state index contributed by atoms with van der Waals surface area (Å²) in [6, 6.07) is 13.8. The summed E-state index contributed by atoms with van der Waals surface area (Å²) < 4.78 is 0. The quantitative estimate of drug-likeness (QED) is 0.453. The zero-order chi connectivity index (χ0) is 22.6. The van der Waals surface area contributed by atoms with Crippen molar-refractivity contribution in [2.45, 2.75) is 46.5 Å². The van der Waals surface area contributed by atoms with E-state index in [4.69, 9.17) is 0 Å². The van der Waals surface area contributed by atoms with Crippen LogP contribution in [0.1, 0.15) is 45.6 Å². The lowest BCUT2D eigenvalue weighted by Gasteiger charge is -2.38. The Bertz CT molecular complexity index is 983. The first kappa shape index (κ1) is 22.4. The van der Waals surface area contributed by atoms with Crippen LogP contribution in [0.3, 0.4) is 0 Å². The van der Waals surface area contributed by atoms with Gasteiger partial charge in [-0.2, -0.15) is 5.10 Å². The molecule has 8 heteroatoms. The second kappa shape index (κ2) is 9.24. The summed E-state index contributed by atoms with van der Waals surface area (Å²) in [6.45, 7) is 6.79. The Morgan fingerprint density at radius 2 is 1.77 bits per heavy atom. The van der Waals surface area contributed by atoms with Crippen molar-refractivity contribution in [1.29, 1.82) is 0 Å². The third kappa shape index (κ3) is 5.65. The predicted octanol–water partition coefficient (Wildman–Crippen LogP) is 5.98. The minimum absolute atomic E-state index is 0.152. The molecule has 1 aliphatic rings. The van der Waals surface area contributed by atoms with Gasteiger partial charge in [0.25, 0.3) is 5.69 Å². The summed E-state index contributed by atoms with van der Waals surface area (Å²) in [5.41, 5.74) is 4.71. The highest BCUT2D eigenvalue weighted by molar-refractivity contribution is 5.88. The lowest BCUT2D eigenvalue weighted by Crippen LogP contribution is -2.33. The number of hydrazone groups is 1. The molecule has 2 aromatic carbocycles. The molecule has 31 heavy (non-hydrogen) atoms. The number of non-ortho nitro benzene ring substituents is 1. The Kier molecular flexibility index (Phi) is 6.68. The molecule has 2 aromatic rings. The molecule has 2 atom stereocenters. The first-order valence-electron chi connectivity index (χ1n) is 10.4. The van der Waals surface area contributed by atoms with Crippen molar-refractivity contribution in [2.24, 2.45) is 22.4 Å². The van der Waals surface area contributed by atoms with E-state index in [2.05, 4.69) is 43.4 Å². The maximum atomic E-state index is 11.4. The lowest BCUT2D eigenvalue weighted by atomic mass is 9.67. The van der Waals surface area contributed by atoms with Gasteiger partial charge in [0.05, 0.1) is 15.9 Å². The van der Waals surface area contributed by atoms with Crippen molar-refractivity contribution < 1.29 is 9.85 Å². The lowest BCUT2D eigenvalue weighted by molar-refractivity contribution is -0.393. The molecule has 1 fully saturated rings. The topological polar surface area (TPSA) is 111 Å². The van der Waals surface area contributed by atoms with Gasteiger partial charge in [-0.05, 0) is 48.6 Å². The minimum Gasteiger partial charge on any atom is -0.272 e. The maximum absolute atomic E-state index is 11.4. The zero-order valence-electron chi connectivity index (χ0n) is 18.1. The molecule has 0 heterocycles. The van der Waals surface area contributed by atoms with Gasteiger partial charge in [-0.3, -0.25) is 25.7 Å². The number of benzene rings is 2. The smallest absolute Gasteiger partial charge is 0.272 e. The van der Waals surface area contributed by atoms with Gasteiger partial charge < -0.3 is 0 Å². The molecule has 1 aliphatic carbocycles. The summed E-state index contributed by atoms with van der Waals surface area (Å²) in [5.74, 6) is 0.791. The summed E-state index contributed by atoms with van der Waals surface area (Å²) in [5, 5.41) is 26.9. The Labute approximate surface area is 181 Å². The fourth-order valence-electron chi connectivity index (χ4n) is 4.17. The van der Waals surface area contributed by atoms with E-state index in [0.717, 1.165) is 37.5 Å². The molecule has 1 saturated carbocycles. The number of anilines is 1. The van der Waals surface area contributed by atoms with Crippen LogP contribution < -0.4 is 5.43 Å². The third-order valence-electron chi connectivity index (χ3n) is 6.05. The second-order valence-electron chi connectivity index (χ2n) is 9.15. The predicted molar refractivity (Wildman–Crippen MR) is 121 cm³/mol. The fourth-order valence-corrected chi connectivity index (χ4v) is 4.17. The van der Waals surface area contributed by atoms with Gasteiger partial charge in [0.15, 0.2) is 0 Å². The molecule has 0 radical (unpaired) electrons. The van der Waals surface area contributed by atoms with Crippen LogP contribution in [0.2, 0.25) is 0 Å². The van der Waals surface area contributed by atoms with E-state index in [9.17, 15) is 20.2 Å². The van der Waals surface area contributed by atoms with Crippen molar-refractivity contribution in [1.82, 2.24) is 0 Å². The van der Waals surface area contributed by atoms with Crippen molar-refractivity contribution in [3.63, 3.8) is 0 Å². The van der Waals surface area contributed by atoms with E-state index in [1.54, 1.807) is 0 Å². The summed E-state index contributed by atoms with van der Waals surface area (Å²) >= 11 is 0. The zero-order valence-corrected chi connectivity index (χ0v) is 18.1. The van der Waals surface area contributed by atoms with Gasteiger partial charge in [-0.15, -0.1) is 0 Å². The van der Waals surface area contributed by atoms with Gasteiger partial charge in [0.1, 0.15) is 5.69 Å². The minimum atomic E-state index is -0.646. The summed E-state index contributed by atoms with van der Waals surface area (Å²) in [4.78, 5) is 21.1. The molecule has 1 N–H and O–H groups in total. The number of nitro benzene ring substituents is 2. The molecule has 0 amide bonds. The normalized spacial score (nSPS) is 20.4. The first-order chi connectivity index (χ1) is 14.6. The van der Waals surface area contributed by atoms with Crippen LogP contribution in [0.5, 0.6) is 0 Å². The van der Waals surface area contributed by atoms with Gasteiger partial charge in [0, 0.05) is 17.7 Å². The van der Waals surface area contributed by atoms with Gasteiger partial charge in [-0.1, -0.05) is 51.1 Å². The van der Waals surface area contributed by atoms with Crippen molar-refractivity contribution in [3.8, 4) is 0 Å². The van der Waals surface area contributed by atoms with Crippen molar-refractivity contribution in [3.05, 3.63) is 74.3 Å². The number of rotatable bonds is 6. The Hall–Kier alpha value is -3.29. The van der Waals surface area contributed by atoms with E-state index in [1.165, 1.54) is 17.7 Å². The van der Waals surface area contributed by atoms with Crippen LogP contribution in [-0.4, -0.2) is 15.6 Å². The Morgan fingerprint density at radius 3 is 2.39 bits per heavy atom. The Morgan fingerprint density at radius 1 is 1.06 bits per heavy atom. The fraction of sp³-hybridized carbons (Fsp3) is 0.435. The third-order valence-corrected chi connectivity index (χ3v) is 6.05. The molecule has 164 valence electrons.